The van der Waals surface area contributed by atoms with Crippen LogP contribution in [0.1, 0.15) is 31.9 Å². The maximum atomic E-state index is 12.3. The lowest BCUT2D eigenvalue weighted by molar-refractivity contribution is -0.384. The highest BCUT2D eigenvalue weighted by Gasteiger charge is 2.36. The van der Waals surface area contributed by atoms with Crippen molar-refractivity contribution in [2.75, 3.05) is 13.1 Å². The Morgan fingerprint density at radius 2 is 2.30 bits per heavy atom. The molecule has 2 atom stereocenters. The van der Waals surface area contributed by atoms with Gasteiger partial charge in [-0.15, -0.1) is 0 Å². The van der Waals surface area contributed by atoms with Gasteiger partial charge in [-0.2, -0.15) is 0 Å². The van der Waals surface area contributed by atoms with Crippen molar-refractivity contribution >= 4 is 11.6 Å². The fraction of sp³-hybridized carbons (Fsp3) is 0.500. The molecule has 6 heteroatoms. The molecule has 108 valence electrons. The van der Waals surface area contributed by atoms with Crippen molar-refractivity contribution in [3.8, 4) is 0 Å². The zero-order valence-electron chi connectivity index (χ0n) is 11.7. The number of carbonyl (C=O) groups is 1. The molecule has 0 aliphatic carbocycles. The molecule has 20 heavy (non-hydrogen) atoms. The quantitative estimate of drug-likeness (QED) is 0.649. The van der Waals surface area contributed by atoms with Gasteiger partial charge in [-0.05, 0) is 32.4 Å². The second-order valence-electron chi connectivity index (χ2n) is 5.53. The van der Waals surface area contributed by atoms with Crippen LogP contribution in [0.4, 0.5) is 5.69 Å². The van der Waals surface area contributed by atoms with Crippen LogP contribution in [0.25, 0.3) is 0 Å². The summed E-state index contributed by atoms with van der Waals surface area (Å²) in [6.45, 7) is 5.28. The molecule has 2 N–H and O–H groups in total. The smallest absolute Gasteiger partial charge is 0.269 e. The number of hydrogen-bond donors (Lipinski definition) is 2. The van der Waals surface area contributed by atoms with Crippen LogP contribution >= 0.6 is 0 Å². The number of nitro benzene ring substituents is 1. The second-order valence-corrected chi connectivity index (χ2v) is 5.53. The van der Waals surface area contributed by atoms with Crippen LogP contribution in [-0.4, -0.2) is 23.9 Å². The number of amides is 1. The van der Waals surface area contributed by atoms with Gasteiger partial charge in [0.15, 0.2) is 0 Å². The Morgan fingerprint density at radius 1 is 1.55 bits per heavy atom. The molecule has 6 nitrogen and oxygen atoms in total. The van der Waals surface area contributed by atoms with E-state index in [9.17, 15) is 14.9 Å². The number of non-ortho nitro benzene ring substituents is 1. The third-order valence-corrected chi connectivity index (χ3v) is 3.85. The number of nitrogens with one attached hydrogen (secondary N) is 2. The summed E-state index contributed by atoms with van der Waals surface area (Å²) in [7, 11) is 0. The molecular weight excluding hydrogens is 258 g/mol. The highest BCUT2D eigenvalue weighted by molar-refractivity contribution is 5.83. The van der Waals surface area contributed by atoms with Crippen molar-refractivity contribution < 1.29 is 9.72 Å². The van der Waals surface area contributed by atoms with Gasteiger partial charge in [0, 0.05) is 18.7 Å². The zero-order chi connectivity index (χ0) is 14.8. The lowest BCUT2D eigenvalue weighted by Gasteiger charge is -2.24. The molecule has 0 spiro atoms. The molecule has 2 rings (SSSR count). The van der Waals surface area contributed by atoms with Crippen molar-refractivity contribution in [2.45, 2.75) is 26.3 Å². The Morgan fingerprint density at radius 3 is 2.90 bits per heavy atom. The predicted molar refractivity (Wildman–Crippen MR) is 75.2 cm³/mol. The van der Waals surface area contributed by atoms with E-state index in [0.717, 1.165) is 18.5 Å². The molecule has 1 heterocycles. The van der Waals surface area contributed by atoms with Gasteiger partial charge in [0.05, 0.1) is 16.4 Å². The molecule has 1 fully saturated rings. The molecule has 1 saturated heterocycles. The van der Waals surface area contributed by atoms with Gasteiger partial charge < -0.3 is 10.6 Å². The van der Waals surface area contributed by atoms with Gasteiger partial charge in [0.25, 0.3) is 5.69 Å². The Balaban J connectivity index is 2.08. The first-order chi connectivity index (χ1) is 9.42. The van der Waals surface area contributed by atoms with Crippen LogP contribution in [0.15, 0.2) is 24.3 Å². The van der Waals surface area contributed by atoms with Gasteiger partial charge in [0.1, 0.15) is 0 Å². The zero-order valence-corrected chi connectivity index (χ0v) is 11.7. The minimum absolute atomic E-state index is 0.0125. The molecule has 0 bridgehead atoms. The Labute approximate surface area is 117 Å². The first kappa shape index (κ1) is 14.5. The van der Waals surface area contributed by atoms with Gasteiger partial charge in [-0.3, -0.25) is 14.9 Å². The van der Waals surface area contributed by atoms with Gasteiger partial charge in [0.2, 0.25) is 5.91 Å². The molecule has 1 aliphatic rings. The summed E-state index contributed by atoms with van der Waals surface area (Å²) in [6.07, 6.45) is 0.806. The van der Waals surface area contributed by atoms with E-state index in [1.807, 2.05) is 13.8 Å². The number of carbonyl (C=O) groups excluding carboxylic acids is 1. The van der Waals surface area contributed by atoms with E-state index < -0.39 is 10.3 Å². The number of rotatable bonds is 4. The van der Waals surface area contributed by atoms with Crippen molar-refractivity contribution in [3.05, 3.63) is 39.9 Å². The van der Waals surface area contributed by atoms with Crippen LogP contribution in [0.5, 0.6) is 0 Å². The maximum Gasteiger partial charge on any atom is 0.269 e. The number of benzene rings is 1. The average molecular weight is 277 g/mol. The van der Waals surface area contributed by atoms with E-state index in [-0.39, 0.29) is 17.6 Å². The van der Waals surface area contributed by atoms with Gasteiger partial charge in [-0.25, -0.2) is 0 Å². The first-order valence-corrected chi connectivity index (χ1v) is 6.68. The SMILES string of the molecule is CC(NC(=O)C1(C)CCNC1)c1cccc([N+](=O)[O-])c1. The molecule has 2 unspecified atom stereocenters. The summed E-state index contributed by atoms with van der Waals surface area (Å²) in [6, 6.07) is 6.11. The summed E-state index contributed by atoms with van der Waals surface area (Å²) in [5.74, 6) is -0.0125. The van der Waals surface area contributed by atoms with Crippen LogP contribution in [0.2, 0.25) is 0 Å². The van der Waals surface area contributed by atoms with Gasteiger partial charge >= 0.3 is 0 Å². The molecule has 0 radical (unpaired) electrons. The first-order valence-electron chi connectivity index (χ1n) is 6.68. The van der Waals surface area contributed by atoms with Crippen LogP contribution in [0.3, 0.4) is 0 Å². The Bertz CT molecular complexity index is 524. The molecule has 0 saturated carbocycles. The van der Waals surface area contributed by atoms with E-state index in [1.165, 1.54) is 12.1 Å². The summed E-state index contributed by atoms with van der Waals surface area (Å²) in [4.78, 5) is 22.6. The van der Waals surface area contributed by atoms with E-state index in [1.54, 1.807) is 12.1 Å². The fourth-order valence-corrected chi connectivity index (χ4v) is 2.37. The van der Waals surface area contributed by atoms with Crippen molar-refractivity contribution in [1.29, 1.82) is 0 Å². The van der Waals surface area contributed by atoms with Crippen LogP contribution in [0, 0.1) is 15.5 Å². The normalized spacial score (nSPS) is 23.3. The lowest BCUT2D eigenvalue weighted by atomic mass is 9.88. The third kappa shape index (κ3) is 2.96. The number of hydrogen-bond acceptors (Lipinski definition) is 4. The van der Waals surface area contributed by atoms with E-state index in [2.05, 4.69) is 10.6 Å². The predicted octanol–water partition coefficient (Wildman–Crippen LogP) is 1.77. The molecule has 0 aromatic heterocycles. The third-order valence-electron chi connectivity index (χ3n) is 3.85. The molecule has 1 amide bonds. The highest BCUT2D eigenvalue weighted by Crippen LogP contribution is 2.26. The van der Waals surface area contributed by atoms with Crippen LogP contribution in [-0.2, 0) is 4.79 Å². The largest absolute Gasteiger partial charge is 0.349 e. The van der Waals surface area contributed by atoms with E-state index >= 15 is 0 Å². The summed E-state index contributed by atoms with van der Waals surface area (Å²) in [5.41, 5.74) is 0.383. The van der Waals surface area contributed by atoms with Crippen LogP contribution < -0.4 is 10.6 Å². The average Bonchev–Trinajstić information content (AvgIpc) is 2.87. The highest BCUT2D eigenvalue weighted by atomic mass is 16.6. The number of nitrogens with zero attached hydrogens (tertiary/aromatic N) is 1. The molecule has 1 aliphatic heterocycles. The number of nitro groups is 1. The monoisotopic (exact) mass is 277 g/mol. The fourth-order valence-electron chi connectivity index (χ4n) is 2.37. The summed E-state index contributed by atoms with van der Waals surface area (Å²) < 4.78 is 0. The standard InChI is InChI=1S/C14H19N3O3/c1-10(11-4-3-5-12(8-11)17(19)20)16-13(18)14(2)6-7-15-9-14/h3-5,8,10,15H,6-7,9H2,1-2H3,(H,16,18). The summed E-state index contributed by atoms with van der Waals surface area (Å²) >= 11 is 0. The van der Waals surface area contributed by atoms with E-state index in [4.69, 9.17) is 0 Å². The minimum Gasteiger partial charge on any atom is -0.349 e. The molecular formula is C14H19N3O3. The van der Waals surface area contributed by atoms with Crippen molar-refractivity contribution in [1.82, 2.24) is 10.6 Å². The molecule has 1 aromatic carbocycles. The van der Waals surface area contributed by atoms with Crippen molar-refractivity contribution in [3.63, 3.8) is 0 Å². The maximum absolute atomic E-state index is 12.3. The van der Waals surface area contributed by atoms with E-state index in [0.29, 0.717) is 6.54 Å². The Hall–Kier alpha value is -1.95. The van der Waals surface area contributed by atoms with Crippen molar-refractivity contribution in [2.24, 2.45) is 5.41 Å². The Kier molecular flexibility index (Phi) is 4.04. The minimum atomic E-state index is -0.430. The second kappa shape index (κ2) is 5.58. The summed E-state index contributed by atoms with van der Waals surface area (Å²) in [5, 5.41) is 16.9. The lowest BCUT2D eigenvalue weighted by Crippen LogP contribution is -2.41. The molecule has 1 aromatic rings. The topological polar surface area (TPSA) is 84.3 Å². The van der Waals surface area contributed by atoms with Gasteiger partial charge in [-0.1, -0.05) is 12.1 Å².